The number of para-hydroxylation sites is 4. The van der Waals surface area contributed by atoms with Crippen molar-refractivity contribution < 1.29 is 0 Å². The van der Waals surface area contributed by atoms with Crippen molar-refractivity contribution in [3.63, 3.8) is 0 Å². The fraction of sp³-hybridized carbons (Fsp3) is 0.0455. The number of hydrogen-bond donors (Lipinski definition) is 6. The van der Waals surface area contributed by atoms with Crippen molar-refractivity contribution in [2.45, 2.75) is 12.0 Å². The van der Waals surface area contributed by atoms with Gasteiger partial charge in [0.2, 0.25) is 0 Å². The largest absolute Gasteiger partial charge is 0.398 e. The lowest BCUT2D eigenvalue weighted by molar-refractivity contribution is 0.667. The lowest BCUT2D eigenvalue weighted by Crippen LogP contribution is -2.33. The number of nitrogens with two attached hydrogens (primary N) is 4. The summed E-state index contributed by atoms with van der Waals surface area (Å²) in [6, 6.07) is 35.6. The second-order valence-electron chi connectivity index (χ2n) is 13.2. The fourth-order valence-corrected chi connectivity index (χ4v) is 7.61. The Morgan fingerprint density at radius 3 is 1.60 bits per heavy atom. The Morgan fingerprint density at radius 2 is 1.00 bits per heavy atom. The summed E-state index contributed by atoms with van der Waals surface area (Å²) < 4.78 is 0. The summed E-state index contributed by atoms with van der Waals surface area (Å²) in [4.78, 5) is 14.4. The van der Waals surface area contributed by atoms with Crippen molar-refractivity contribution in [3.8, 4) is 0 Å². The van der Waals surface area contributed by atoms with E-state index < -0.39 is 0 Å². The van der Waals surface area contributed by atoms with Gasteiger partial charge in [-0.25, -0.2) is 4.99 Å². The SMILES string of the molecule is Nc1ccccc1/C1=C2\C=CC(N2)[C@@H](c2ccccc2N)C2=N/C(=C(/c3ccccc3N)c3ccc([nH]3)/C(c3ccccc3N)=C3/C=CC1=N3)C=C2. The van der Waals surface area contributed by atoms with Crippen LogP contribution in [0.4, 0.5) is 22.7 Å². The third-order valence-corrected chi connectivity index (χ3v) is 10.1. The lowest BCUT2D eigenvalue weighted by Gasteiger charge is -2.26. The number of aliphatic imine (C=N–C) groups is 2. The van der Waals surface area contributed by atoms with Gasteiger partial charge in [-0.05, 0) is 72.3 Å². The maximum absolute atomic E-state index is 6.70. The van der Waals surface area contributed by atoms with Gasteiger partial charge in [-0.15, -0.1) is 0 Å². The molecule has 0 saturated carbocycles. The van der Waals surface area contributed by atoms with E-state index in [1.54, 1.807) is 0 Å². The average Bonchev–Trinajstić information content (AvgIpc) is 3.99. The van der Waals surface area contributed by atoms with Crippen LogP contribution < -0.4 is 28.3 Å². The third kappa shape index (κ3) is 5.16. The second kappa shape index (κ2) is 12.4. The first kappa shape index (κ1) is 31.0. The van der Waals surface area contributed by atoms with Crippen molar-refractivity contribution in [2.24, 2.45) is 9.98 Å². The minimum Gasteiger partial charge on any atom is -0.398 e. The van der Waals surface area contributed by atoms with Gasteiger partial charge in [-0.3, -0.25) is 4.99 Å². The van der Waals surface area contributed by atoms with Gasteiger partial charge in [0.25, 0.3) is 0 Å². The highest BCUT2D eigenvalue weighted by molar-refractivity contribution is 6.33. The summed E-state index contributed by atoms with van der Waals surface area (Å²) in [5.74, 6) is -0.219. The van der Waals surface area contributed by atoms with Crippen molar-refractivity contribution in [1.82, 2.24) is 10.3 Å². The maximum Gasteiger partial charge on any atom is 0.0738 e. The minimum absolute atomic E-state index is 0.182. The quantitative estimate of drug-likeness (QED) is 0.108. The Balaban J connectivity index is 1.36. The van der Waals surface area contributed by atoms with Crippen LogP contribution in [-0.4, -0.2) is 22.4 Å². The molecule has 0 radical (unpaired) electrons. The van der Waals surface area contributed by atoms with E-state index in [9.17, 15) is 0 Å². The molecule has 0 aliphatic carbocycles. The molecule has 0 spiro atoms. The number of benzene rings is 4. The van der Waals surface area contributed by atoms with E-state index in [1.165, 1.54) is 0 Å². The molecule has 52 heavy (non-hydrogen) atoms. The van der Waals surface area contributed by atoms with Crippen LogP contribution in [-0.2, 0) is 0 Å². The Morgan fingerprint density at radius 1 is 0.481 bits per heavy atom. The summed E-state index contributed by atoms with van der Waals surface area (Å²) >= 11 is 0. The van der Waals surface area contributed by atoms with Crippen molar-refractivity contribution >= 4 is 50.9 Å². The van der Waals surface area contributed by atoms with E-state index in [-0.39, 0.29) is 12.0 Å². The number of rotatable bonds is 4. The van der Waals surface area contributed by atoms with Crippen LogP contribution in [0.15, 0.2) is 173 Å². The van der Waals surface area contributed by atoms with Crippen molar-refractivity contribution in [3.05, 3.63) is 196 Å². The molecule has 8 heteroatoms. The van der Waals surface area contributed by atoms with Gasteiger partial charge in [0.05, 0.1) is 34.8 Å². The molecule has 9 rings (SSSR count). The highest BCUT2D eigenvalue weighted by Gasteiger charge is 2.34. The van der Waals surface area contributed by atoms with Gasteiger partial charge in [0.1, 0.15) is 0 Å². The maximum atomic E-state index is 6.70. The summed E-state index contributed by atoms with van der Waals surface area (Å²) in [6.45, 7) is 0. The number of hydrogen-bond acceptors (Lipinski definition) is 7. The molecule has 8 bridgehead atoms. The van der Waals surface area contributed by atoms with Gasteiger partial charge in [0, 0.05) is 73.2 Å². The normalized spacial score (nSPS) is 23.2. The van der Waals surface area contributed by atoms with E-state index in [0.29, 0.717) is 22.7 Å². The van der Waals surface area contributed by atoms with Gasteiger partial charge in [-0.1, -0.05) is 78.9 Å². The molecule has 4 aliphatic rings. The summed E-state index contributed by atoms with van der Waals surface area (Å²) in [6.07, 6.45) is 12.6. The monoisotopic (exact) mass is 676 g/mol. The third-order valence-electron chi connectivity index (χ3n) is 10.1. The van der Waals surface area contributed by atoms with E-state index >= 15 is 0 Å². The van der Waals surface area contributed by atoms with Gasteiger partial charge in [0.15, 0.2) is 0 Å². The van der Waals surface area contributed by atoms with Crippen LogP contribution in [0.1, 0.15) is 39.6 Å². The van der Waals surface area contributed by atoms with Gasteiger partial charge in [-0.2, -0.15) is 0 Å². The highest BCUT2D eigenvalue weighted by atomic mass is 15.0. The Bertz CT molecular complexity index is 2550. The first-order valence-electron chi connectivity index (χ1n) is 17.2. The number of nitrogens with one attached hydrogen (secondary N) is 2. The second-order valence-corrected chi connectivity index (χ2v) is 13.2. The fourth-order valence-electron chi connectivity index (χ4n) is 7.61. The summed E-state index contributed by atoms with van der Waals surface area (Å²) in [7, 11) is 0. The minimum atomic E-state index is -0.219. The molecule has 5 heterocycles. The molecule has 1 aromatic heterocycles. The van der Waals surface area contributed by atoms with E-state index in [1.807, 2.05) is 103 Å². The number of nitrogen functional groups attached to an aromatic ring is 4. The number of nitrogens with zero attached hydrogens (tertiary/aromatic N) is 2. The molecule has 10 N–H and O–H groups in total. The van der Waals surface area contributed by atoms with Gasteiger partial charge < -0.3 is 33.2 Å². The number of aromatic nitrogens is 1. The highest BCUT2D eigenvalue weighted by Crippen LogP contribution is 2.41. The van der Waals surface area contributed by atoms with Crippen LogP contribution >= 0.6 is 0 Å². The Kier molecular flexibility index (Phi) is 7.36. The predicted octanol–water partition coefficient (Wildman–Crippen LogP) is 7.62. The molecule has 252 valence electrons. The molecule has 1 unspecified atom stereocenters. The molecule has 4 aliphatic heterocycles. The standard InChI is InChI=1S/C44H36N8/c45-29-13-5-1-9-25(29)41-33-17-19-35(49-33)42(26-10-2-6-14-30(26)46)37-21-23-39(51-37)44(28-12-4-8-16-32(28)48)40-24-22-38(52-40)43(36-20-18-34(41)50-36)27-11-3-7-15-31(27)47/h1-24,33,41,49,52H,45-48H2/b42-35-,43-36-,44-39-/t33?,41-/m1/s1. The Labute approximate surface area is 301 Å². The molecule has 8 nitrogen and oxygen atoms in total. The van der Waals surface area contributed by atoms with Crippen LogP contribution in [0.25, 0.3) is 16.7 Å². The summed E-state index contributed by atoms with van der Waals surface area (Å²) in [5.41, 5.74) is 41.5. The average molecular weight is 677 g/mol. The molecule has 0 saturated heterocycles. The first-order chi connectivity index (χ1) is 25.4. The number of anilines is 4. The van der Waals surface area contributed by atoms with E-state index in [2.05, 4.69) is 52.8 Å². The number of fused-ring (bicyclic) bond motifs is 6. The number of H-pyrrole nitrogens is 1. The smallest absolute Gasteiger partial charge is 0.0738 e. The van der Waals surface area contributed by atoms with Crippen LogP contribution in [0, 0.1) is 0 Å². The zero-order chi connectivity index (χ0) is 35.3. The molecule has 2 atom stereocenters. The Hall–Kier alpha value is -7.06. The lowest BCUT2D eigenvalue weighted by atomic mass is 9.86. The van der Waals surface area contributed by atoms with Crippen LogP contribution in [0.2, 0.25) is 0 Å². The van der Waals surface area contributed by atoms with E-state index in [0.717, 1.165) is 78.9 Å². The van der Waals surface area contributed by atoms with Gasteiger partial charge >= 0.3 is 0 Å². The summed E-state index contributed by atoms with van der Waals surface area (Å²) in [5, 5.41) is 3.84. The molecular formula is C44H36N8. The molecular weight excluding hydrogens is 641 g/mol. The van der Waals surface area contributed by atoms with Crippen molar-refractivity contribution in [1.29, 1.82) is 0 Å². The van der Waals surface area contributed by atoms with Crippen molar-refractivity contribution in [2.75, 3.05) is 22.9 Å². The zero-order valence-corrected chi connectivity index (χ0v) is 28.2. The molecule has 0 amide bonds. The zero-order valence-electron chi connectivity index (χ0n) is 28.2. The van der Waals surface area contributed by atoms with Crippen LogP contribution in [0.5, 0.6) is 0 Å². The first-order valence-corrected chi connectivity index (χ1v) is 17.2. The predicted molar refractivity (Wildman–Crippen MR) is 215 cm³/mol. The molecule has 5 aromatic rings. The number of allylic oxidation sites excluding steroid dienone is 6. The topological polar surface area (TPSA) is 157 Å². The molecule has 0 fully saturated rings. The molecule has 4 aromatic carbocycles. The van der Waals surface area contributed by atoms with E-state index in [4.69, 9.17) is 32.9 Å². The number of aromatic amines is 1. The van der Waals surface area contributed by atoms with Crippen LogP contribution in [0.3, 0.4) is 0 Å².